The number of carbonyl (C=O) groups excluding carboxylic acids is 3. The van der Waals surface area contributed by atoms with E-state index in [1.807, 2.05) is 6.07 Å². The molecule has 0 aliphatic carbocycles. The molecule has 2 heterocycles. The van der Waals surface area contributed by atoms with Crippen LogP contribution in [-0.4, -0.2) is 28.6 Å². The molecule has 106 valence electrons. The molecule has 0 aromatic heterocycles. The number of fused-ring (bicyclic) bond motifs is 1. The van der Waals surface area contributed by atoms with Gasteiger partial charge in [-0.2, -0.15) is 0 Å². The third-order valence-electron chi connectivity index (χ3n) is 3.25. The molecular weight excluding hydrogens is 387 g/mol. The molecule has 3 amide bonds. The first-order valence-electron chi connectivity index (χ1n) is 6.28. The number of piperidine rings is 1. The van der Waals surface area contributed by atoms with Gasteiger partial charge >= 0.3 is 5.91 Å². The summed E-state index contributed by atoms with van der Waals surface area (Å²) < 4.78 is 1.98. The van der Waals surface area contributed by atoms with E-state index in [0.29, 0.717) is 17.7 Å². The first-order chi connectivity index (χ1) is 10.0. The fraction of sp³-hybridized carbons (Fsp3) is 0.231. The Bertz CT molecular complexity index is 726. The maximum atomic E-state index is 12.4. The van der Waals surface area contributed by atoms with Crippen LogP contribution in [0.15, 0.2) is 28.5 Å². The number of nitrogens with one attached hydrogen (secondary N) is 1. The summed E-state index contributed by atoms with van der Waals surface area (Å²) in [4.78, 5) is 35.2. The third-order valence-corrected chi connectivity index (χ3v) is 3.92. The summed E-state index contributed by atoms with van der Waals surface area (Å²) in [5.41, 5.74) is 0.953. The summed E-state index contributed by atoms with van der Waals surface area (Å²) in [7, 11) is 0. The lowest BCUT2D eigenvalue weighted by atomic mass is 9.99. The van der Waals surface area contributed by atoms with Gasteiger partial charge < -0.3 is 0 Å². The van der Waals surface area contributed by atoms with Gasteiger partial charge in [0.05, 0.1) is 11.0 Å². The number of imide groups is 1. The Morgan fingerprint density at radius 2 is 2.14 bits per heavy atom. The highest BCUT2D eigenvalue weighted by Crippen LogP contribution is 2.26. The van der Waals surface area contributed by atoms with E-state index in [1.54, 1.807) is 12.1 Å². The Hall–Kier alpha value is -1.97. The fourth-order valence-electron chi connectivity index (χ4n) is 2.15. The van der Waals surface area contributed by atoms with Gasteiger partial charge in [0.25, 0.3) is 0 Å². The SMILES string of the molecule is O=C1CCC(/C=[N+]2/N=Nc3ccc(I)cc3C2=O)C(=O)N1. The van der Waals surface area contributed by atoms with Crippen LogP contribution in [0.4, 0.5) is 5.69 Å². The molecule has 1 aromatic carbocycles. The van der Waals surface area contributed by atoms with E-state index in [-0.39, 0.29) is 18.2 Å². The van der Waals surface area contributed by atoms with Crippen LogP contribution >= 0.6 is 22.6 Å². The Labute approximate surface area is 133 Å². The number of nitrogens with zero attached hydrogens (tertiary/aromatic N) is 3. The maximum absolute atomic E-state index is 12.4. The number of amides is 3. The zero-order valence-corrected chi connectivity index (χ0v) is 12.9. The van der Waals surface area contributed by atoms with Crippen LogP contribution in [0.1, 0.15) is 23.2 Å². The topological polar surface area (TPSA) is 91.0 Å². The number of rotatable bonds is 1. The predicted molar refractivity (Wildman–Crippen MR) is 80.2 cm³/mol. The molecule has 0 saturated carbocycles. The van der Waals surface area contributed by atoms with E-state index >= 15 is 0 Å². The van der Waals surface area contributed by atoms with E-state index in [1.165, 1.54) is 6.21 Å². The number of hydrogen-bond acceptors (Lipinski definition) is 5. The highest BCUT2D eigenvalue weighted by Gasteiger charge is 2.32. The quantitative estimate of drug-likeness (QED) is 0.443. The van der Waals surface area contributed by atoms with Crippen LogP contribution in [0.5, 0.6) is 0 Å². The standard InChI is InChI=1S/C13H9IN4O3/c14-8-2-3-10-9(5-8)13(21)18(17-16-10)6-7-1-4-11(19)15-12(7)20/h2-3,5-7H,1,4H2/p+1/b18-6+. The molecule has 1 atom stereocenters. The normalized spacial score (nSPS) is 23.2. The third kappa shape index (κ3) is 2.75. The van der Waals surface area contributed by atoms with Crippen LogP contribution in [0.3, 0.4) is 0 Å². The second-order valence-electron chi connectivity index (χ2n) is 4.71. The molecule has 1 N–H and O–H groups in total. The van der Waals surface area contributed by atoms with Gasteiger partial charge in [0.15, 0.2) is 0 Å². The van der Waals surface area contributed by atoms with Crippen LogP contribution in [0.2, 0.25) is 0 Å². The van der Waals surface area contributed by atoms with E-state index in [9.17, 15) is 14.4 Å². The van der Waals surface area contributed by atoms with Crippen LogP contribution in [0.25, 0.3) is 0 Å². The minimum Gasteiger partial charge on any atom is -0.296 e. The molecule has 0 bridgehead atoms. The highest BCUT2D eigenvalue weighted by molar-refractivity contribution is 14.1. The molecule has 1 unspecified atom stereocenters. The van der Waals surface area contributed by atoms with Crippen molar-refractivity contribution in [2.75, 3.05) is 0 Å². The Balaban J connectivity index is 1.91. The molecule has 2 aliphatic heterocycles. The second kappa shape index (κ2) is 5.43. The van der Waals surface area contributed by atoms with Gasteiger partial charge in [0.1, 0.15) is 17.0 Å². The minimum atomic E-state index is -0.560. The van der Waals surface area contributed by atoms with Crippen LogP contribution in [-0.2, 0) is 9.59 Å². The van der Waals surface area contributed by atoms with Gasteiger partial charge in [0, 0.05) is 9.99 Å². The van der Waals surface area contributed by atoms with E-state index < -0.39 is 11.8 Å². The molecule has 2 aliphatic rings. The number of benzene rings is 1. The Morgan fingerprint density at radius 3 is 2.90 bits per heavy atom. The van der Waals surface area contributed by atoms with Gasteiger partial charge in [-0.15, -0.1) is 0 Å². The average molecular weight is 397 g/mol. The monoisotopic (exact) mass is 397 g/mol. The maximum Gasteiger partial charge on any atom is 0.370 e. The lowest BCUT2D eigenvalue weighted by molar-refractivity contribution is -0.441. The van der Waals surface area contributed by atoms with E-state index in [4.69, 9.17) is 0 Å². The minimum absolute atomic E-state index is 0.251. The Kier molecular flexibility index (Phi) is 3.62. The fourth-order valence-corrected chi connectivity index (χ4v) is 2.64. The lowest BCUT2D eigenvalue weighted by Crippen LogP contribution is -2.42. The predicted octanol–water partition coefficient (Wildman–Crippen LogP) is 1.58. The second-order valence-corrected chi connectivity index (χ2v) is 5.95. The van der Waals surface area contributed by atoms with Crippen molar-refractivity contribution in [3.8, 4) is 0 Å². The molecular formula is C13H10IN4O3+. The van der Waals surface area contributed by atoms with Crippen LogP contribution < -0.4 is 5.32 Å². The zero-order chi connectivity index (χ0) is 15.0. The van der Waals surface area contributed by atoms with E-state index in [0.717, 1.165) is 8.25 Å². The van der Waals surface area contributed by atoms with Gasteiger partial charge in [0.2, 0.25) is 17.5 Å². The van der Waals surface area contributed by atoms with Gasteiger partial charge in [-0.3, -0.25) is 14.9 Å². The molecule has 0 radical (unpaired) electrons. The molecule has 1 fully saturated rings. The molecule has 0 spiro atoms. The van der Waals surface area contributed by atoms with Crippen molar-refractivity contribution in [2.45, 2.75) is 12.8 Å². The van der Waals surface area contributed by atoms with Crippen LogP contribution in [0, 0.1) is 9.49 Å². The highest BCUT2D eigenvalue weighted by atomic mass is 127. The summed E-state index contributed by atoms with van der Waals surface area (Å²) in [5.74, 6) is -1.60. The van der Waals surface area contributed by atoms with Crippen molar-refractivity contribution < 1.29 is 19.1 Å². The Morgan fingerprint density at radius 1 is 1.33 bits per heavy atom. The van der Waals surface area contributed by atoms with Crippen molar-refractivity contribution in [3.63, 3.8) is 0 Å². The molecule has 1 saturated heterocycles. The van der Waals surface area contributed by atoms with E-state index in [2.05, 4.69) is 38.2 Å². The lowest BCUT2D eigenvalue weighted by Gasteiger charge is -2.16. The largest absolute Gasteiger partial charge is 0.370 e. The smallest absolute Gasteiger partial charge is 0.296 e. The molecule has 21 heavy (non-hydrogen) atoms. The van der Waals surface area contributed by atoms with Crippen molar-refractivity contribution in [3.05, 3.63) is 27.3 Å². The first kappa shape index (κ1) is 14.0. The molecule has 8 heteroatoms. The van der Waals surface area contributed by atoms with Gasteiger partial charge in [-0.1, -0.05) is 4.68 Å². The van der Waals surface area contributed by atoms with Crippen molar-refractivity contribution in [1.82, 2.24) is 5.32 Å². The molecule has 7 nitrogen and oxygen atoms in total. The van der Waals surface area contributed by atoms with Gasteiger partial charge in [-0.05, 0) is 47.2 Å². The zero-order valence-electron chi connectivity index (χ0n) is 10.7. The number of carbonyl (C=O) groups is 3. The number of halogens is 1. The first-order valence-corrected chi connectivity index (χ1v) is 7.36. The van der Waals surface area contributed by atoms with Crippen molar-refractivity contribution >= 4 is 52.2 Å². The summed E-state index contributed by atoms with van der Waals surface area (Å²) in [5, 5.41) is 10.0. The molecule has 3 rings (SSSR count). The molecule has 1 aromatic rings. The summed E-state index contributed by atoms with van der Waals surface area (Å²) in [6.07, 6.45) is 2.03. The summed E-state index contributed by atoms with van der Waals surface area (Å²) in [6, 6.07) is 5.29. The van der Waals surface area contributed by atoms with Gasteiger partial charge in [-0.25, -0.2) is 4.79 Å². The summed E-state index contributed by atoms with van der Waals surface area (Å²) >= 11 is 2.11. The average Bonchev–Trinajstić information content (AvgIpc) is 2.45. The number of hydrogen-bond donors (Lipinski definition) is 1. The summed E-state index contributed by atoms with van der Waals surface area (Å²) in [6.45, 7) is 0. The van der Waals surface area contributed by atoms with Crippen molar-refractivity contribution in [1.29, 1.82) is 0 Å². The van der Waals surface area contributed by atoms with Crippen molar-refractivity contribution in [2.24, 2.45) is 16.3 Å².